The Hall–Kier alpha value is -3.58. The lowest BCUT2D eigenvalue weighted by molar-refractivity contribution is 0.102. The number of carbonyl (C=O) groups is 1. The highest BCUT2D eigenvalue weighted by Gasteiger charge is 2.15. The van der Waals surface area contributed by atoms with E-state index in [-0.39, 0.29) is 10.8 Å². The molecule has 0 aliphatic heterocycles. The van der Waals surface area contributed by atoms with Gasteiger partial charge in [0.05, 0.1) is 10.6 Å². The Balaban J connectivity index is 1.52. The van der Waals surface area contributed by atoms with E-state index < -0.39 is 10.0 Å². The van der Waals surface area contributed by atoms with Gasteiger partial charge in [0.1, 0.15) is 0 Å². The summed E-state index contributed by atoms with van der Waals surface area (Å²) in [6.07, 6.45) is 1.81. The lowest BCUT2D eigenvalue weighted by Gasteiger charge is -2.09. The van der Waals surface area contributed by atoms with E-state index in [9.17, 15) is 13.2 Å². The number of para-hydroxylation sites is 1. The van der Waals surface area contributed by atoms with Gasteiger partial charge in [0.15, 0.2) is 0 Å². The van der Waals surface area contributed by atoms with Crippen LogP contribution in [0, 0.1) is 0 Å². The average Bonchev–Trinajstić information content (AvgIpc) is 3.18. The second kappa shape index (κ2) is 7.21. The van der Waals surface area contributed by atoms with Crippen LogP contribution in [0.5, 0.6) is 0 Å². The maximum absolute atomic E-state index is 12.5. The number of sulfonamides is 1. The highest BCUT2D eigenvalue weighted by atomic mass is 32.2. The van der Waals surface area contributed by atoms with Gasteiger partial charge < -0.3 is 10.3 Å². The SMILES string of the molecule is O=C(Nc1cccc2[nH]ccc12)c1ccc(S(=O)(=O)Nc2ccccc2)cc1. The fourth-order valence-electron chi connectivity index (χ4n) is 2.89. The standard InChI is InChI=1S/C21H17N3O3S/c25-21(23-20-8-4-7-19-18(20)13-14-22-19)15-9-11-17(12-10-15)28(26,27)24-16-5-2-1-3-6-16/h1-14,22,24H,(H,23,25). The number of rotatable bonds is 5. The van der Waals surface area contributed by atoms with Crippen LogP contribution in [0.4, 0.5) is 11.4 Å². The maximum Gasteiger partial charge on any atom is 0.261 e. The molecule has 0 saturated carbocycles. The third kappa shape index (κ3) is 3.60. The predicted molar refractivity (Wildman–Crippen MR) is 110 cm³/mol. The largest absolute Gasteiger partial charge is 0.361 e. The number of aromatic nitrogens is 1. The monoisotopic (exact) mass is 391 g/mol. The zero-order valence-electron chi connectivity index (χ0n) is 14.7. The smallest absolute Gasteiger partial charge is 0.261 e. The molecule has 1 heterocycles. The van der Waals surface area contributed by atoms with E-state index in [1.807, 2.05) is 24.3 Å². The molecular weight excluding hydrogens is 374 g/mol. The van der Waals surface area contributed by atoms with Gasteiger partial charge in [-0.15, -0.1) is 0 Å². The second-order valence-electron chi connectivity index (χ2n) is 6.19. The van der Waals surface area contributed by atoms with Crippen LogP contribution in [-0.2, 0) is 10.0 Å². The fourth-order valence-corrected chi connectivity index (χ4v) is 3.95. The minimum Gasteiger partial charge on any atom is -0.361 e. The molecule has 1 aromatic heterocycles. The van der Waals surface area contributed by atoms with Crippen LogP contribution in [0.25, 0.3) is 10.9 Å². The summed E-state index contributed by atoms with van der Waals surface area (Å²) in [4.78, 5) is 15.7. The summed E-state index contributed by atoms with van der Waals surface area (Å²) in [6.45, 7) is 0. The highest BCUT2D eigenvalue weighted by Crippen LogP contribution is 2.23. The summed E-state index contributed by atoms with van der Waals surface area (Å²) in [5.74, 6) is -0.311. The number of anilines is 2. The van der Waals surface area contributed by atoms with E-state index >= 15 is 0 Å². The molecule has 28 heavy (non-hydrogen) atoms. The second-order valence-corrected chi connectivity index (χ2v) is 7.88. The molecule has 6 nitrogen and oxygen atoms in total. The van der Waals surface area contributed by atoms with Crippen LogP contribution >= 0.6 is 0 Å². The number of amides is 1. The average molecular weight is 391 g/mol. The molecular formula is C21H17N3O3S. The molecule has 0 saturated heterocycles. The number of H-pyrrole nitrogens is 1. The third-order valence-electron chi connectivity index (χ3n) is 4.30. The van der Waals surface area contributed by atoms with Gasteiger partial charge in [0.25, 0.3) is 15.9 Å². The van der Waals surface area contributed by atoms with E-state index in [0.717, 1.165) is 10.9 Å². The summed E-state index contributed by atoms with van der Waals surface area (Å²) in [7, 11) is -3.72. The number of hydrogen-bond acceptors (Lipinski definition) is 3. The third-order valence-corrected chi connectivity index (χ3v) is 5.69. The van der Waals surface area contributed by atoms with Crippen LogP contribution in [0.3, 0.4) is 0 Å². The van der Waals surface area contributed by atoms with Crippen LogP contribution in [0.2, 0.25) is 0 Å². The molecule has 0 radical (unpaired) electrons. The Morgan fingerprint density at radius 1 is 0.821 bits per heavy atom. The zero-order chi connectivity index (χ0) is 19.6. The molecule has 140 valence electrons. The van der Waals surface area contributed by atoms with Gasteiger partial charge >= 0.3 is 0 Å². The first-order chi connectivity index (χ1) is 13.5. The Bertz CT molecular complexity index is 1230. The number of hydrogen-bond donors (Lipinski definition) is 3. The molecule has 0 spiro atoms. The molecule has 3 aromatic carbocycles. The molecule has 4 rings (SSSR count). The first-order valence-electron chi connectivity index (χ1n) is 8.58. The van der Waals surface area contributed by atoms with Gasteiger partial charge in [-0.2, -0.15) is 0 Å². The van der Waals surface area contributed by atoms with Crippen LogP contribution in [0.1, 0.15) is 10.4 Å². The van der Waals surface area contributed by atoms with E-state index in [4.69, 9.17) is 0 Å². The molecule has 0 aliphatic carbocycles. The number of benzene rings is 3. The Morgan fingerprint density at radius 3 is 2.32 bits per heavy atom. The van der Waals surface area contributed by atoms with Crippen LogP contribution in [0.15, 0.2) is 90.0 Å². The molecule has 0 aliphatic rings. The Kier molecular flexibility index (Phi) is 4.58. The predicted octanol–water partition coefficient (Wildman–Crippen LogP) is 4.22. The molecule has 0 fully saturated rings. The van der Waals surface area contributed by atoms with E-state index in [1.54, 1.807) is 36.5 Å². The summed E-state index contributed by atoms with van der Waals surface area (Å²) in [5.41, 5.74) is 2.45. The lowest BCUT2D eigenvalue weighted by Crippen LogP contribution is -2.14. The van der Waals surface area contributed by atoms with Crippen molar-refractivity contribution in [3.8, 4) is 0 Å². The van der Waals surface area contributed by atoms with Gasteiger partial charge in [0, 0.05) is 28.4 Å². The minimum absolute atomic E-state index is 0.0839. The highest BCUT2D eigenvalue weighted by molar-refractivity contribution is 7.92. The van der Waals surface area contributed by atoms with Gasteiger partial charge in [-0.05, 0) is 54.6 Å². The molecule has 1 amide bonds. The molecule has 0 unspecified atom stereocenters. The van der Waals surface area contributed by atoms with Crippen molar-refractivity contribution in [1.29, 1.82) is 0 Å². The van der Waals surface area contributed by atoms with Crippen molar-refractivity contribution in [2.75, 3.05) is 10.0 Å². The van der Waals surface area contributed by atoms with Crippen LogP contribution in [-0.4, -0.2) is 19.3 Å². The summed E-state index contributed by atoms with van der Waals surface area (Å²) in [6, 6.07) is 21.9. The fraction of sp³-hybridized carbons (Fsp3) is 0. The maximum atomic E-state index is 12.5. The van der Waals surface area contributed by atoms with Crippen LogP contribution < -0.4 is 10.0 Å². The normalized spacial score (nSPS) is 11.3. The van der Waals surface area contributed by atoms with Crippen molar-refractivity contribution >= 4 is 38.2 Å². The molecule has 0 atom stereocenters. The summed E-state index contributed by atoms with van der Waals surface area (Å²) in [5, 5.41) is 3.77. The van der Waals surface area contributed by atoms with Crippen molar-refractivity contribution in [3.63, 3.8) is 0 Å². The zero-order valence-corrected chi connectivity index (χ0v) is 15.5. The van der Waals surface area contributed by atoms with Crippen molar-refractivity contribution in [1.82, 2.24) is 4.98 Å². The molecule has 3 N–H and O–H groups in total. The van der Waals surface area contributed by atoms with Crippen molar-refractivity contribution in [2.24, 2.45) is 0 Å². The van der Waals surface area contributed by atoms with Crippen molar-refractivity contribution in [3.05, 3.63) is 90.6 Å². The van der Waals surface area contributed by atoms with E-state index in [0.29, 0.717) is 16.9 Å². The molecule has 0 bridgehead atoms. The minimum atomic E-state index is -3.72. The Morgan fingerprint density at radius 2 is 1.57 bits per heavy atom. The van der Waals surface area contributed by atoms with Gasteiger partial charge in [0.2, 0.25) is 0 Å². The topological polar surface area (TPSA) is 91.1 Å². The number of aromatic amines is 1. The first-order valence-corrected chi connectivity index (χ1v) is 10.1. The van der Waals surface area contributed by atoms with Crippen molar-refractivity contribution in [2.45, 2.75) is 4.90 Å². The summed E-state index contributed by atoms with van der Waals surface area (Å²) < 4.78 is 27.5. The van der Waals surface area contributed by atoms with Gasteiger partial charge in [-0.1, -0.05) is 24.3 Å². The van der Waals surface area contributed by atoms with E-state index in [1.165, 1.54) is 24.3 Å². The first kappa shape index (κ1) is 17.8. The Labute approximate surface area is 162 Å². The van der Waals surface area contributed by atoms with E-state index in [2.05, 4.69) is 15.0 Å². The molecule has 4 aromatic rings. The van der Waals surface area contributed by atoms with Gasteiger partial charge in [-0.3, -0.25) is 9.52 Å². The number of fused-ring (bicyclic) bond motifs is 1. The lowest BCUT2D eigenvalue weighted by atomic mass is 10.2. The number of nitrogens with one attached hydrogen (secondary N) is 3. The number of carbonyl (C=O) groups excluding carboxylic acids is 1. The molecule has 7 heteroatoms. The quantitative estimate of drug-likeness (QED) is 0.476. The summed E-state index contributed by atoms with van der Waals surface area (Å²) >= 11 is 0. The van der Waals surface area contributed by atoms with Crippen molar-refractivity contribution < 1.29 is 13.2 Å². The van der Waals surface area contributed by atoms with Gasteiger partial charge in [-0.25, -0.2) is 8.42 Å².